The molecular formula is C8H3Cl3N2. The highest BCUT2D eigenvalue weighted by Gasteiger charge is 2.04. The average molecular weight is 233 g/mol. The van der Waals surface area contributed by atoms with Crippen LogP contribution in [0.15, 0.2) is 18.3 Å². The van der Waals surface area contributed by atoms with Gasteiger partial charge in [0, 0.05) is 5.02 Å². The van der Waals surface area contributed by atoms with Crippen LogP contribution in [0.2, 0.25) is 15.2 Å². The Labute approximate surface area is 89.5 Å². The molecular weight excluding hydrogens is 230 g/mol. The van der Waals surface area contributed by atoms with Crippen molar-refractivity contribution >= 4 is 45.8 Å². The molecule has 0 aliphatic carbocycles. The fourth-order valence-electron chi connectivity index (χ4n) is 1.02. The Morgan fingerprint density at radius 1 is 1.08 bits per heavy atom. The smallest absolute Gasteiger partial charge is 0.148 e. The third-order valence-electron chi connectivity index (χ3n) is 1.54. The van der Waals surface area contributed by atoms with Gasteiger partial charge in [-0.2, -0.15) is 0 Å². The largest absolute Gasteiger partial charge is 0.251 e. The molecule has 2 rings (SSSR count). The van der Waals surface area contributed by atoms with Gasteiger partial charge in [0.1, 0.15) is 10.7 Å². The molecule has 0 radical (unpaired) electrons. The zero-order valence-electron chi connectivity index (χ0n) is 6.26. The summed E-state index contributed by atoms with van der Waals surface area (Å²) in [6.07, 6.45) is 1.45. The maximum atomic E-state index is 5.89. The Balaban J connectivity index is 2.87. The van der Waals surface area contributed by atoms with Crippen LogP contribution in [-0.4, -0.2) is 9.97 Å². The molecule has 5 heteroatoms. The predicted molar refractivity (Wildman–Crippen MR) is 54.6 cm³/mol. The Bertz CT molecular complexity index is 470. The number of benzene rings is 1. The van der Waals surface area contributed by atoms with E-state index in [2.05, 4.69) is 9.97 Å². The van der Waals surface area contributed by atoms with Crippen LogP contribution >= 0.6 is 34.8 Å². The molecule has 0 unspecified atom stereocenters. The second-order valence-electron chi connectivity index (χ2n) is 2.45. The van der Waals surface area contributed by atoms with Crippen LogP contribution < -0.4 is 0 Å². The minimum Gasteiger partial charge on any atom is -0.251 e. The van der Waals surface area contributed by atoms with Crippen molar-refractivity contribution in [1.82, 2.24) is 9.97 Å². The molecule has 1 aromatic heterocycles. The molecule has 2 aromatic rings. The first-order chi connectivity index (χ1) is 6.16. The number of halogens is 3. The molecule has 0 atom stereocenters. The van der Waals surface area contributed by atoms with Gasteiger partial charge in [-0.1, -0.05) is 34.8 Å². The van der Waals surface area contributed by atoms with E-state index in [1.165, 1.54) is 6.20 Å². The number of rotatable bonds is 0. The molecule has 1 aromatic carbocycles. The normalized spacial score (nSPS) is 10.7. The van der Waals surface area contributed by atoms with Crippen LogP contribution in [0.3, 0.4) is 0 Å². The highest BCUT2D eigenvalue weighted by Crippen LogP contribution is 2.25. The van der Waals surface area contributed by atoms with E-state index in [-0.39, 0.29) is 0 Å². The van der Waals surface area contributed by atoms with E-state index in [0.717, 1.165) is 0 Å². The van der Waals surface area contributed by atoms with E-state index in [4.69, 9.17) is 34.8 Å². The topological polar surface area (TPSA) is 25.8 Å². The summed E-state index contributed by atoms with van der Waals surface area (Å²) in [5.74, 6) is 0. The predicted octanol–water partition coefficient (Wildman–Crippen LogP) is 3.59. The van der Waals surface area contributed by atoms with Crippen molar-refractivity contribution in [3.8, 4) is 0 Å². The van der Waals surface area contributed by atoms with Crippen LogP contribution in [0, 0.1) is 0 Å². The van der Waals surface area contributed by atoms with Gasteiger partial charge >= 0.3 is 0 Å². The number of aromatic nitrogens is 2. The lowest BCUT2D eigenvalue weighted by Gasteiger charge is -1.99. The first kappa shape index (κ1) is 9.00. The first-order valence-electron chi connectivity index (χ1n) is 3.44. The van der Waals surface area contributed by atoms with Crippen molar-refractivity contribution in [3.63, 3.8) is 0 Å². The fraction of sp³-hybridized carbons (Fsp3) is 0. The molecule has 0 spiro atoms. The number of nitrogens with zero attached hydrogens (tertiary/aromatic N) is 2. The van der Waals surface area contributed by atoms with Gasteiger partial charge in [-0.05, 0) is 12.1 Å². The van der Waals surface area contributed by atoms with Gasteiger partial charge in [-0.25, -0.2) is 4.98 Å². The highest BCUT2D eigenvalue weighted by atomic mass is 35.5. The molecule has 0 amide bonds. The van der Waals surface area contributed by atoms with Crippen LogP contribution in [0.25, 0.3) is 11.0 Å². The second-order valence-corrected chi connectivity index (χ2v) is 3.68. The zero-order valence-corrected chi connectivity index (χ0v) is 8.53. The van der Waals surface area contributed by atoms with Gasteiger partial charge in [0.2, 0.25) is 0 Å². The summed E-state index contributed by atoms with van der Waals surface area (Å²) in [7, 11) is 0. The van der Waals surface area contributed by atoms with Gasteiger partial charge in [-0.15, -0.1) is 0 Å². The number of hydrogen-bond donors (Lipinski definition) is 0. The van der Waals surface area contributed by atoms with Gasteiger partial charge in [-0.3, -0.25) is 4.98 Å². The van der Waals surface area contributed by atoms with E-state index >= 15 is 0 Å². The molecule has 0 bridgehead atoms. The summed E-state index contributed by atoms with van der Waals surface area (Å²) in [6, 6.07) is 3.29. The summed E-state index contributed by atoms with van der Waals surface area (Å²) in [6.45, 7) is 0. The van der Waals surface area contributed by atoms with Crippen molar-refractivity contribution in [2.75, 3.05) is 0 Å². The molecule has 66 valence electrons. The lowest BCUT2D eigenvalue weighted by Crippen LogP contribution is -1.85. The van der Waals surface area contributed by atoms with E-state index < -0.39 is 0 Å². The first-order valence-corrected chi connectivity index (χ1v) is 4.57. The Kier molecular flexibility index (Phi) is 2.28. The second kappa shape index (κ2) is 3.29. The van der Waals surface area contributed by atoms with Crippen molar-refractivity contribution < 1.29 is 0 Å². The molecule has 2 nitrogen and oxygen atoms in total. The fourth-order valence-corrected chi connectivity index (χ4v) is 1.68. The summed E-state index contributed by atoms with van der Waals surface area (Å²) in [5.41, 5.74) is 1.21. The van der Waals surface area contributed by atoms with Crippen LogP contribution in [0.5, 0.6) is 0 Å². The summed E-state index contributed by atoms with van der Waals surface area (Å²) in [5, 5.41) is 1.31. The van der Waals surface area contributed by atoms with Crippen LogP contribution in [-0.2, 0) is 0 Å². The molecule has 0 aliphatic heterocycles. The van der Waals surface area contributed by atoms with Gasteiger partial charge in [0.15, 0.2) is 0 Å². The lowest BCUT2D eigenvalue weighted by atomic mass is 10.3. The highest BCUT2D eigenvalue weighted by molar-refractivity contribution is 6.38. The van der Waals surface area contributed by atoms with E-state index in [1.807, 2.05) is 0 Å². The Morgan fingerprint density at radius 2 is 1.85 bits per heavy atom. The molecule has 0 N–H and O–H groups in total. The average Bonchev–Trinajstić information content (AvgIpc) is 2.06. The van der Waals surface area contributed by atoms with Crippen LogP contribution in [0.1, 0.15) is 0 Å². The van der Waals surface area contributed by atoms with E-state index in [1.54, 1.807) is 12.1 Å². The van der Waals surface area contributed by atoms with Gasteiger partial charge < -0.3 is 0 Å². The minimum atomic E-state index is 0.316. The molecule has 1 heterocycles. The standard InChI is InChI=1S/C8H3Cl3N2/c9-4-1-5(10)8-6(2-4)12-3-7(11)13-8/h1-3H. The monoisotopic (exact) mass is 232 g/mol. The molecule has 0 saturated heterocycles. The zero-order chi connectivity index (χ0) is 9.42. The maximum Gasteiger partial charge on any atom is 0.148 e. The number of fused-ring (bicyclic) bond motifs is 1. The molecule has 13 heavy (non-hydrogen) atoms. The summed E-state index contributed by atoms with van der Waals surface area (Å²) < 4.78 is 0. The lowest BCUT2D eigenvalue weighted by molar-refractivity contribution is 1.29. The van der Waals surface area contributed by atoms with Crippen molar-refractivity contribution in [2.45, 2.75) is 0 Å². The third-order valence-corrected chi connectivity index (χ3v) is 2.23. The Morgan fingerprint density at radius 3 is 2.62 bits per heavy atom. The quantitative estimate of drug-likeness (QED) is 0.695. The molecule has 0 saturated carbocycles. The van der Waals surface area contributed by atoms with Gasteiger partial charge in [0.05, 0.1) is 16.7 Å². The maximum absolute atomic E-state index is 5.89. The SMILES string of the molecule is Clc1cc(Cl)c2nc(Cl)cnc2c1. The van der Waals surface area contributed by atoms with Gasteiger partial charge in [0.25, 0.3) is 0 Å². The Hall–Kier alpha value is -0.570. The number of hydrogen-bond acceptors (Lipinski definition) is 2. The van der Waals surface area contributed by atoms with E-state index in [0.29, 0.717) is 26.2 Å². The minimum absolute atomic E-state index is 0.316. The van der Waals surface area contributed by atoms with E-state index in [9.17, 15) is 0 Å². The molecule has 0 fully saturated rings. The van der Waals surface area contributed by atoms with Crippen LogP contribution in [0.4, 0.5) is 0 Å². The third kappa shape index (κ3) is 1.70. The van der Waals surface area contributed by atoms with Crippen molar-refractivity contribution in [3.05, 3.63) is 33.5 Å². The van der Waals surface area contributed by atoms with Crippen molar-refractivity contribution in [2.24, 2.45) is 0 Å². The summed E-state index contributed by atoms with van der Waals surface area (Å²) >= 11 is 17.3. The van der Waals surface area contributed by atoms with Crippen molar-refractivity contribution in [1.29, 1.82) is 0 Å². The summed E-state index contributed by atoms with van der Waals surface area (Å²) in [4.78, 5) is 8.07. The molecule has 0 aliphatic rings.